The molecule has 0 saturated carbocycles. The Hall–Kier alpha value is -1.36. The Morgan fingerprint density at radius 2 is 2.37 bits per heavy atom. The molecule has 1 aliphatic rings. The van der Waals surface area contributed by atoms with Crippen molar-refractivity contribution in [1.82, 2.24) is 15.3 Å². The van der Waals surface area contributed by atoms with Crippen LogP contribution in [0.4, 0.5) is 0 Å². The molecule has 1 atom stereocenters. The maximum absolute atomic E-state index is 5.82. The Morgan fingerprint density at radius 3 is 3.11 bits per heavy atom. The second-order valence-electron chi connectivity index (χ2n) is 4.48. The van der Waals surface area contributed by atoms with Crippen molar-refractivity contribution in [1.29, 1.82) is 0 Å². The molecule has 4 nitrogen and oxygen atoms in total. The summed E-state index contributed by atoms with van der Waals surface area (Å²) in [7, 11) is 1.95. The van der Waals surface area contributed by atoms with Crippen molar-refractivity contribution >= 4 is 12.4 Å². The monoisotopic (exact) mass is 279 g/mol. The predicted molar refractivity (Wildman–Crippen MR) is 77.6 cm³/mol. The molecule has 0 aliphatic carbocycles. The zero-order valence-corrected chi connectivity index (χ0v) is 11.7. The van der Waals surface area contributed by atoms with Gasteiger partial charge in [0.2, 0.25) is 0 Å². The standard InChI is InChI=1S/C14H17N3O.ClH/c1-15-9-13-11-3-2-4-12(10(11)5-8-18-13)14-16-6-7-17-14;/h2-4,6-7,13,15H,5,8-9H2,1H3,(H,16,17);1H/t13-;/m1./s1. The molecule has 1 aromatic carbocycles. The highest BCUT2D eigenvalue weighted by Gasteiger charge is 2.23. The van der Waals surface area contributed by atoms with Crippen molar-refractivity contribution in [3.63, 3.8) is 0 Å². The summed E-state index contributed by atoms with van der Waals surface area (Å²) < 4.78 is 5.82. The third-order valence-electron chi connectivity index (χ3n) is 3.37. The molecule has 0 saturated heterocycles. The number of rotatable bonds is 3. The zero-order valence-electron chi connectivity index (χ0n) is 10.8. The smallest absolute Gasteiger partial charge is 0.137 e. The first-order valence-corrected chi connectivity index (χ1v) is 6.28. The van der Waals surface area contributed by atoms with Crippen LogP contribution in [0.2, 0.25) is 0 Å². The van der Waals surface area contributed by atoms with E-state index in [-0.39, 0.29) is 18.5 Å². The van der Waals surface area contributed by atoms with Crippen molar-refractivity contribution in [2.24, 2.45) is 0 Å². The van der Waals surface area contributed by atoms with Crippen molar-refractivity contribution in [2.45, 2.75) is 12.5 Å². The molecule has 102 valence electrons. The van der Waals surface area contributed by atoms with Gasteiger partial charge in [0.25, 0.3) is 0 Å². The second-order valence-corrected chi connectivity index (χ2v) is 4.48. The predicted octanol–water partition coefficient (Wildman–Crippen LogP) is 2.33. The number of aromatic nitrogens is 2. The lowest BCUT2D eigenvalue weighted by atomic mass is 9.92. The molecule has 5 heteroatoms. The van der Waals surface area contributed by atoms with E-state index < -0.39 is 0 Å². The van der Waals surface area contributed by atoms with Crippen molar-refractivity contribution in [3.8, 4) is 11.4 Å². The maximum atomic E-state index is 5.82. The van der Waals surface area contributed by atoms with Crippen LogP contribution in [-0.2, 0) is 11.2 Å². The highest BCUT2D eigenvalue weighted by atomic mass is 35.5. The largest absolute Gasteiger partial charge is 0.372 e. The van der Waals surface area contributed by atoms with Crippen LogP contribution in [0, 0.1) is 0 Å². The summed E-state index contributed by atoms with van der Waals surface area (Å²) >= 11 is 0. The molecule has 19 heavy (non-hydrogen) atoms. The molecule has 0 radical (unpaired) electrons. The van der Waals surface area contributed by atoms with E-state index in [9.17, 15) is 0 Å². The number of benzene rings is 1. The number of hydrogen-bond donors (Lipinski definition) is 2. The van der Waals surface area contributed by atoms with Crippen LogP contribution < -0.4 is 5.32 Å². The minimum atomic E-state index is 0. The summed E-state index contributed by atoms with van der Waals surface area (Å²) in [6.07, 6.45) is 4.75. The van der Waals surface area contributed by atoms with Gasteiger partial charge in [0, 0.05) is 24.5 Å². The van der Waals surface area contributed by atoms with E-state index in [0.717, 1.165) is 25.4 Å². The molecule has 0 spiro atoms. The number of imidazole rings is 1. The second kappa shape index (κ2) is 6.19. The Bertz CT molecular complexity index is 527. The number of nitrogens with one attached hydrogen (secondary N) is 2. The molecule has 1 aromatic heterocycles. The van der Waals surface area contributed by atoms with Gasteiger partial charge < -0.3 is 15.0 Å². The van der Waals surface area contributed by atoms with Gasteiger partial charge in [-0.2, -0.15) is 0 Å². The van der Waals surface area contributed by atoms with Gasteiger partial charge >= 0.3 is 0 Å². The van der Waals surface area contributed by atoms with E-state index >= 15 is 0 Å². The lowest BCUT2D eigenvalue weighted by Gasteiger charge is -2.27. The highest BCUT2D eigenvalue weighted by Crippen LogP contribution is 2.32. The fraction of sp³-hybridized carbons (Fsp3) is 0.357. The van der Waals surface area contributed by atoms with Gasteiger partial charge in [-0.3, -0.25) is 0 Å². The molecular weight excluding hydrogens is 262 g/mol. The molecule has 0 fully saturated rings. The van der Waals surface area contributed by atoms with Crippen LogP contribution in [0.3, 0.4) is 0 Å². The number of fused-ring (bicyclic) bond motifs is 1. The fourth-order valence-corrected chi connectivity index (χ4v) is 2.57. The highest BCUT2D eigenvalue weighted by molar-refractivity contribution is 5.85. The van der Waals surface area contributed by atoms with Gasteiger partial charge in [-0.15, -0.1) is 12.4 Å². The third kappa shape index (κ3) is 2.66. The zero-order chi connectivity index (χ0) is 12.4. The van der Waals surface area contributed by atoms with Crippen molar-refractivity contribution in [2.75, 3.05) is 20.2 Å². The first-order valence-electron chi connectivity index (χ1n) is 6.28. The molecule has 2 aromatic rings. The van der Waals surface area contributed by atoms with E-state index in [0.29, 0.717) is 0 Å². The van der Waals surface area contributed by atoms with Crippen LogP contribution >= 0.6 is 12.4 Å². The lowest BCUT2D eigenvalue weighted by Crippen LogP contribution is -2.25. The first kappa shape index (κ1) is 14.1. The summed E-state index contributed by atoms with van der Waals surface area (Å²) in [4.78, 5) is 7.54. The number of ether oxygens (including phenoxy) is 1. The summed E-state index contributed by atoms with van der Waals surface area (Å²) in [6.45, 7) is 1.62. The number of likely N-dealkylation sites (N-methyl/N-ethyl adjacent to an activating group) is 1. The van der Waals surface area contributed by atoms with Crippen LogP contribution in [-0.4, -0.2) is 30.2 Å². The summed E-state index contributed by atoms with van der Waals surface area (Å²) in [6, 6.07) is 6.36. The molecular formula is C14H18ClN3O. The summed E-state index contributed by atoms with van der Waals surface area (Å²) in [5.74, 6) is 0.942. The van der Waals surface area contributed by atoms with E-state index in [4.69, 9.17) is 4.74 Å². The molecule has 0 amide bonds. The van der Waals surface area contributed by atoms with E-state index in [1.807, 2.05) is 13.2 Å². The summed E-state index contributed by atoms with van der Waals surface area (Å²) in [5.41, 5.74) is 3.84. The van der Waals surface area contributed by atoms with E-state index in [1.165, 1.54) is 16.7 Å². The SMILES string of the molecule is CNC[C@H]1OCCc2c(-c3ncc[nH]3)cccc21.Cl. The van der Waals surface area contributed by atoms with E-state index in [1.54, 1.807) is 6.20 Å². The maximum Gasteiger partial charge on any atom is 0.137 e. The third-order valence-corrected chi connectivity index (χ3v) is 3.37. The first-order chi connectivity index (χ1) is 8.90. The Labute approximate surface area is 119 Å². The molecule has 2 N–H and O–H groups in total. The molecule has 0 unspecified atom stereocenters. The average Bonchev–Trinajstić information content (AvgIpc) is 2.93. The minimum Gasteiger partial charge on any atom is -0.372 e. The van der Waals surface area contributed by atoms with Crippen LogP contribution in [0.5, 0.6) is 0 Å². The van der Waals surface area contributed by atoms with Gasteiger partial charge in [-0.1, -0.05) is 18.2 Å². The minimum absolute atomic E-state index is 0. The molecule has 3 rings (SSSR count). The Balaban J connectivity index is 0.00000133. The number of halogens is 1. The van der Waals surface area contributed by atoms with Gasteiger partial charge in [0.05, 0.1) is 12.7 Å². The van der Waals surface area contributed by atoms with Crippen LogP contribution in [0.15, 0.2) is 30.6 Å². The number of hydrogen-bond acceptors (Lipinski definition) is 3. The average molecular weight is 280 g/mol. The topological polar surface area (TPSA) is 49.9 Å². The Morgan fingerprint density at radius 1 is 1.47 bits per heavy atom. The van der Waals surface area contributed by atoms with Gasteiger partial charge in [-0.05, 0) is 24.6 Å². The molecule has 0 bridgehead atoms. The molecule has 1 aliphatic heterocycles. The fourth-order valence-electron chi connectivity index (χ4n) is 2.57. The summed E-state index contributed by atoms with van der Waals surface area (Å²) in [5, 5.41) is 3.18. The van der Waals surface area contributed by atoms with E-state index in [2.05, 4.69) is 33.5 Å². The number of H-pyrrole nitrogens is 1. The van der Waals surface area contributed by atoms with Crippen LogP contribution in [0.25, 0.3) is 11.4 Å². The van der Waals surface area contributed by atoms with Crippen molar-refractivity contribution < 1.29 is 4.74 Å². The van der Waals surface area contributed by atoms with Gasteiger partial charge in [0.15, 0.2) is 0 Å². The molecule has 2 heterocycles. The number of aromatic amines is 1. The Kier molecular flexibility index (Phi) is 4.58. The lowest BCUT2D eigenvalue weighted by molar-refractivity contribution is 0.0440. The number of nitrogens with zero attached hydrogens (tertiary/aromatic N) is 1. The van der Waals surface area contributed by atoms with Crippen LogP contribution in [0.1, 0.15) is 17.2 Å². The van der Waals surface area contributed by atoms with Gasteiger partial charge in [-0.25, -0.2) is 4.98 Å². The van der Waals surface area contributed by atoms with Crippen molar-refractivity contribution in [3.05, 3.63) is 41.7 Å². The quantitative estimate of drug-likeness (QED) is 0.907. The normalized spacial score (nSPS) is 17.6. The van der Waals surface area contributed by atoms with Gasteiger partial charge in [0.1, 0.15) is 5.82 Å².